The second kappa shape index (κ2) is 4.94. The van der Waals surface area contributed by atoms with Crippen LogP contribution in [0.15, 0.2) is 40.9 Å². The monoisotopic (exact) mass is 333 g/mol. The highest BCUT2D eigenvalue weighted by Crippen LogP contribution is 2.35. The Morgan fingerprint density at radius 1 is 1.17 bits per heavy atom. The van der Waals surface area contributed by atoms with Crippen molar-refractivity contribution in [3.05, 3.63) is 57.5 Å². The van der Waals surface area contributed by atoms with E-state index in [1.807, 2.05) is 0 Å². The Hall–Kier alpha value is -1.000. The predicted octanol–water partition coefficient (Wildman–Crippen LogP) is 5.59. The molecule has 0 atom stereocenters. The molecule has 93 valence electrons. The van der Waals surface area contributed by atoms with Gasteiger partial charge in [0.15, 0.2) is 0 Å². The van der Waals surface area contributed by atoms with E-state index in [1.54, 1.807) is 18.2 Å². The maximum Gasteiger partial charge on any atom is 0.416 e. The van der Waals surface area contributed by atoms with Gasteiger partial charge in [0.2, 0.25) is 0 Å². The molecule has 2 rings (SSSR count). The molecule has 0 aliphatic heterocycles. The van der Waals surface area contributed by atoms with Crippen molar-refractivity contribution in [2.45, 2.75) is 6.18 Å². The zero-order chi connectivity index (χ0) is 13.3. The second-order valence-corrected chi connectivity index (χ2v) is 4.88. The average Bonchev–Trinajstić information content (AvgIpc) is 2.31. The van der Waals surface area contributed by atoms with E-state index in [1.165, 1.54) is 6.07 Å². The van der Waals surface area contributed by atoms with Crippen LogP contribution in [0.4, 0.5) is 13.2 Å². The summed E-state index contributed by atoms with van der Waals surface area (Å²) in [7, 11) is 0. The lowest BCUT2D eigenvalue weighted by atomic mass is 10.0. The van der Waals surface area contributed by atoms with E-state index in [-0.39, 0.29) is 0 Å². The molecule has 0 aromatic heterocycles. The first-order valence-electron chi connectivity index (χ1n) is 4.92. The van der Waals surface area contributed by atoms with Gasteiger partial charge < -0.3 is 0 Å². The average molecular weight is 335 g/mol. The van der Waals surface area contributed by atoms with Crippen molar-refractivity contribution in [1.29, 1.82) is 0 Å². The lowest BCUT2D eigenvalue weighted by Crippen LogP contribution is -2.04. The largest absolute Gasteiger partial charge is 0.416 e. The van der Waals surface area contributed by atoms with E-state index in [4.69, 9.17) is 11.6 Å². The summed E-state index contributed by atoms with van der Waals surface area (Å²) in [4.78, 5) is 0. The molecule has 0 aliphatic rings. The topological polar surface area (TPSA) is 0 Å². The number of alkyl halides is 3. The van der Waals surface area contributed by atoms with Gasteiger partial charge in [0, 0.05) is 15.6 Å². The van der Waals surface area contributed by atoms with Crippen LogP contribution in [0, 0.1) is 6.07 Å². The number of hydrogen-bond acceptors (Lipinski definition) is 0. The molecule has 0 heterocycles. The molecule has 0 amide bonds. The van der Waals surface area contributed by atoms with E-state index in [2.05, 4.69) is 22.0 Å². The fraction of sp³-hybridized carbons (Fsp3) is 0.0769. The molecule has 2 aromatic rings. The summed E-state index contributed by atoms with van der Waals surface area (Å²) in [6, 6.07) is 11.0. The Morgan fingerprint density at radius 2 is 1.89 bits per heavy atom. The number of halogens is 5. The van der Waals surface area contributed by atoms with Gasteiger partial charge in [-0.1, -0.05) is 39.7 Å². The zero-order valence-corrected chi connectivity index (χ0v) is 11.2. The summed E-state index contributed by atoms with van der Waals surface area (Å²) >= 11 is 9.07. The van der Waals surface area contributed by atoms with Crippen molar-refractivity contribution >= 4 is 27.5 Å². The smallest absolute Gasteiger partial charge is 0.166 e. The van der Waals surface area contributed by atoms with Crippen molar-refractivity contribution in [2.24, 2.45) is 0 Å². The Balaban J connectivity index is 2.55. The summed E-state index contributed by atoms with van der Waals surface area (Å²) in [5, 5.41) is 0.352. The third-order valence-electron chi connectivity index (χ3n) is 2.37. The standard InChI is InChI=1S/C13H6BrClF3/c14-12-5-4-10(15)7-11(12)8-2-1-3-9(6-8)13(16,17)18/h1-3,5-7H. The summed E-state index contributed by atoms with van der Waals surface area (Å²) < 4.78 is 38.5. The molecule has 18 heavy (non-hydrogen) atoms. The highest BCUT2D eigenvalue weighted by molar-refractivity contribution is 9.10. The molecule has 0 saturated carbocycles. The van der Waals surface area contributed by atoms with Crippen LogP contribution in [0.25, 0.3) is 11.1 Å². The van der Waals surface area contributed by atoms with E-state index in [0.717, 1.165) is 12.1 Å². The van der Waals surface area contributed by atoms with Crippen molar-refractivity contribution < 1.29 is 13.2 Å². The normalized spacial score (nSPS) is 11.6. The Morgan fingerprint density at radius 3 is 2.56 bits per heavy atom. The van der Waals surface area contributed by atoms with E-state index in [0.29, 0.717) is 20.6 Å². The molecular weight excluding hydrogens is 328 g/mol. The van der Waals surface area contributed by atoms with Crippen molar-refractivity contribution in [3.8, 4) is 11.1 Å². The molecular formula is C13H6BrClF3. The lowest BCUT2D eigenvalue weighted by Gasteiger charge is -2.10. The first kappa shape index (κ1) is 13.4. The fourth-order valence-electron chi connectivity index (χ4n) is 1.53. The number of benzene rings is 2. The van der Waals surface area contributed by atoms with Gasteiger partial charge in [0.1, 0.15) is 0 Å². The molecule has 2 aromatic carbocycles. The molecule has 0 bridgehead atoms. The van der Waals surface area contributed by atoms with Crippen LogP contribution in [-0.2, 0) is 6.18 Å². The molecule has 0 saturated heterocycles. The van der Waals surface area contributed by atoms with Crippen LogP contribution in [0.3, 0.4) is 0 Å². The summed E-state index contributed by atoms with van der Waals surface area (Å²) in [5.74, 6) is 0. The molecule has 1 radical (unpaired) electrons. The van der Waals surface area contributed by atoms with E-state index < -0.39 is 11.7 Å². The van der Waals surface area contributed by atoms with Gasteiger partial charge in [-0.15, -0.1) is 0 Å². The Kier molecular flexibility index (Phi) is 3.69. The van der Waals surface area contributed by atoms with Gasteiger partial charge in [-0.2, -0.15) is 13.2 Å². The van der Waals surface area contributed by atoms with Gasteiger partial charge >= 0.3 is 6.18 Å². The molecule has 0 nitrogen and oxygen atoms in total. The SMILES string of the molecule is FC(F)(F)c1cccc(-c2cc(Cl)[c]cc2Br)c1. The van der Waals surface area contributed by atoms with E-state index in [9.17, 15) is 13.2 Å². The fourth-order valence-corrected chi connectivity index (χ4v) is 2.15. The molecule has 0 unspecified atom stereocenters. The van der Waals surface area contributed by atoms with E-state index >= 15 is 0 Å². The van der Waals surface area contributed by atoms with Crippen molar-refractivity contribution in [3.63, 3.8) is 0 Å². The van der Waals surface area contributed by atoms with Crippen LogP contribution in [0.1, 0.15) is 5.56 Å². The predicted molar refractivity (Wildman–Crippen MR) is 68.4 cm³/mol. The minimum atomic E-state index is -4.35. The minimum Gasteiger partial charge on any atom is -0.166 e. The first-order chi connectivity index (χ1) is 8.38. The van der Waals surface area contributed by atoms with Crippen LogP contribution in [-0.4, -0.2) is 0 Å². The Labute approximate surface area is 116 Å². The van der Waals surface area contributed by atoms with Gasteiger partial charge in [-0.05, 0) is 35.4 Å². The highest BCUT2D eigenvalue weighted by atomic mass is 79.9. The van der Waals surface area contributed by atoms with Crippen LogP contribution in [0.5, 0.6) is 0 Å². The maximum absolute atomic E-state index is 12.6. The van der Waals surface area contributed by atoms with Crippen LogP contribution < -0.4 is 0 Å². The first-order valence-corrected chi connectivity index (χ1v) is 6.09. The maximum atomic E-state index is 12.6. The molecule has 5 heteroatoms. The van der Waals surface area contributed by atoms with Gasteiger partial charge in [0.05, 0.1) is 5.56 Å². The summed E-state index contributed by atoms with van der Waals surface area (Å²) in [6.07, 6.45) is -4.35. The van der Waals surface area contributed by atoms with Crippen molar-refractivity contribution in [1.82, 2.24) is 0 Å². The molecule has 0 fully saturated rings. The highest BCUT2D eigenvalue weighted by Gasteiger charge is 2.30. The molecule has 0 aliphatic carbocycles. The second-order valence-electron chi connectivity index (χ2n) is 3.62. The van der Waals surface area contributed by atoms with Crippen molar-refractivity contribution in [2.75, 3.05) is 0 Å². The van der Waals surface area contributed by atoms with Crippen LogP contribution in [0.2, 0.25) is 5.02 Å². The van der Waals surface area contributed by atoms with Gasteiger partial charge in [-0.3, -0.25) is 0 Å². The zero-order valence-electron chi connectivity index (χ0n) is 8.85. The molecule has 0 N–H and O–H groups in total. The van der Waals surface area contributed by atoms with Crippen LogP contribution >= 0.6 is 27.5 Å². The molecule has 0 spiro atoms. The third kappa shape index (κ3) is 2.87. The van der Waals surface area contributed by atoms with Gasteiger partial charge in [0.25, 0.3) is 0 Å². The number of hydrogen-bond donors (Lipinski definition) is 0. The third-order valence-corrected chi connectivity index (χ3v) is 3.24. The minimum absolute atomic E-state index is 0.352. The quantitative estimate of drug-likeness (QED) is 0.638. The number of rotatable bonds is 1. The summed E-state index contributed by atoms with van der Waals surface area (Å²) in [6.45, 7) is 0. The Bertz CT molecular complexity index is 579. The summed E-state index contributed by atoms with van der Waals surface area (Å²) in [5.41, 5.74) is 0.369. The lowest BCUT2D eigenvalue weighted by molar-refractivity contribution is -0.137. The van der Waals surface area contributed by atoms with Gasteiger partial charge in [-0.25, -0.2) is 0 Å².